The van der Waals surface area contributed by atoms with Gasteiger partial charge in [-0.15, -0.1) is 0 Å². The van der Waals surface area contributed by atoms with E-state index >= 15 is 0 Å². The number of likely N-dealkylation sites (tertiary alicyclic amines) is 1. The number of methoxy groups -OCH3 is 1. The summed E-state index contributed by atoms with van der Waals surface area (Å²) in [5.74, 6) is 0. The first-order valence-electron chi connectivity index (χ1n) is 6.33. The zero-order valence-corrected chi connectivity index (χ0v) is 9.93. The molecule has 1 N–H and O–H groups in total. The second kappa shape index (κ2) is 5.28. The summed E-state index contributed by atoms with van der Waals surface area (Å²) in [5, 5.41) is 3.46. The van der Waals surface area contributed by atoms with Crippen molar-refractivity contribution in [3.63, 3.8) is 0 Å². The number of piperidine rings is 2. The van der Waals surface area contributed by atoms with Crippen LogP contribution in [-0.4, -0.2) is 50.3 Å². The summed E-state index contributed by atoms with van der Waals surface area (Å²) < 4.78 is 5.78. The molecule has 0 aromatic rings. The molecule has 0 radical (unpaired) electrons. The molecule has 88 valence electrons. The second-order valence-corrected chi connectivity index (χ2v) is 5.00. The molecule has 2 heterocycles. The maximum absolute atomic E-state index is 5.78. The molecule has 2 fully saturated rings. The van der Waals surface area contributed by atoms with Crippen molar-refractivity contribution in [2.75, 3.05) is 39.8 Å². The fourth-order valence-corrected chi connectivity index (χ4v) is 2.84. The Balaban J connectivity index is 1.87. The van der Waals surface area contributed by atoms with Crippen LogP contribution in [0.25, 0.3) is 0 Å². The Morgan fingerprint density at radius 1 is 1.20 bits per heavy atom. The molecule has 0 aromatic carbocycles. The Bertz CT molecular complexity index is 184. The fraction of sp³-hybridized carbons (Fsp3) is 1.00. The van der Waals surface area contributed by atoms with Gasteiger partial charge in [0, 0.05) is 20.2 Å². The van der Waals surface area contributed by atoms with E-state index in [2.05, 4.69) is 10.2 Å². The van der Waals surface area contributed by atoms with Crippen LogP contribution in [-0.2, 0) is 4.74 Å². The van der Waals surface area contributed by atoms with Gasteiger partial charge >= 0.3 is 0 Å². The van der Waals surface area contributed by atoms with Crippen molar-refractivity contribution < 1.29 is 4.74 Å². The van der Waals surface area contributed by atoms with Crippen molar-refractivity contribution in [3.8, 4) is 0 Å². The van der Waals surface area contributed by atoms with E-state index < -0.39 is 0 Å². The van der Waals surface area contributed by atoms with E-state index in [-0.39, 0.29) is 5.60 Å². The summed E-state index contributed by atoms with van der Waals surface area (Å²) in [4.78, 5) is 2.58. The van der Waals surface area contributed by atoms with Crippen molar-refractivity contribution in [2.24, 2.45) is 0 Å². The van der Waals surface area contributed by atoms with E-state index in [0.717, 1.165) is 19.6 Å². The molecule has 0 aromatic heterocycles. The lowest BCUT2D eigenvalue weighted by atomic mass is 9.92. The quantitative estimate of drug-likeness (QED) is 0.762. The van der Waals surface area contributed by atoms with Gasteiger partial charge in [-0.05, 0) is 45.3 Å². The van der Waals surface area contributed by atoms with Crippen LogP contribution in [0.5, 0.6) is 0 Å². The van der Waals surface area contributed by atoms with Crippen LogP contribution in [0.4, 0.5) is 0 Å². The van der Waals surface area contributed by atoms with Gasteiger partial charge in [-0.3, -0.25) is 0 Å². The van der Waals surface area contributed by atoms with Crippen molar-refractivity contribution in [3.05, 3.63) is 0 Å². The smallest absolute Gasteiger partial charge is 0.0928 e. The lowest BCUT2D eigenvalue weighted by Gasteiger charge is -2.41. The minimum atomic E-state index is 0.0928. The van der Waals surface area contributed by atoms with Crippen molar-refractivity contribution in [1.82, 2.24) is 10.2 Å². The first-order valence-corrected chi connectivity index (χ1v) is 6.33. The molecular formula is C12H24N2O. The summed E-state index contributed by atoms with van der Waals surface area (Å²) in [6.45, 7) is 5.85. The van der Waals surface area contributed by atoms with Crippen LogP contribution in [0.3, 0.4) is 0 Å². The van der Waals surface area contributed by atoms with Crippen LogP contribution in [0.1, 0.15) is 32.1 Å². The molecule has 0 amide bonds. The fourth-order valence-electron chi connectivity index (χ4n) is 2.84. The Labute approximate surface area is 93.2 Å². The topological polar surface area (TPSA) is 24.5 Å². The van der Waals surface area contributed by atoms with Gasteiger partial charge in [-0.25, -0.2) is 0 Å². The Hall–Kier alpha value is -0.120. The monoisotopic (exact) mass is 212 g/mol. The standard InChI is InChI=1S/C12H24N2O/c1-15-12(6-5-7-13-10-12)11-14-8-3-2-4-9-14/h13H,2-11H2,1H3. The lowest BCUT2D eigenvalue weighted by molar-refractivity contribution is -0.0545. The third-order valence-electron chi connectivity index (χ3n) is 3.83. The zero-order chi connectivity index (χ0) is 10.6. The number of nitrogens with one attached hydrogen (secondary N) is 1. The minimum Gasteiger partial charge on any atom is -0.376 e. The van der Waals surface area contributed by atoms with E-state index in [0.29, 0.717) is 0 Å². The molecule has 2 aliphatic heterocycles. The second-order valence-electron chi connectivity index (χ2n) is 5.00. The molecular weight excluding hydrogens is 188 g/mol. The summed E-state index contributed by atoms with van der Waals surface area (Å²) in [6.07, 6.45) is 6.61. The SMILES string of the molecule is COC1(CN2CCCCC2)CCCNC1. The van der Waals surface area contributed by atoms with Crippen molar-refractivity contribution in [2.45, 2.75) is 37.7 Å². The number of hydrogen-bond donors (Lipinski definition) is 1. The van der Waals surface area contributed by atoms with Gasteiger partial charge in [0.25, 0.3) is 0 Å². The van der Waals surface area contributed by atoms with E-state index in [4.69, 9.17) is 4.74 Å². The van der Waals surface area contributed by atoms with Crippen LogP contribution in [0.15, 0.2) is 0 Å². The van der Waals surface area contributed by atoms with E-state index in [1.807, 2.05) is 7.11 Å². The minimum absolute atomic E-state index is 0.0928. The van der Waals surface area contributed by atoms with Gasteiger partial charge in [0.15, 0.2) is 0 Å². The van der Waals surface area contributed by atoms with Crippen LogP contribution < -0.4 is 5.32 Å². The van der Waals surface area contributed by atoms with Crippen molar-refractivity contribution in [1.29, 1.82) is 0 Å². The largest absolute Gasteiger partial charge is 0.376 e. The summed E-state index contributed by atoms with van der Waals surface area (Å²) in [7, 11) is 1.87. The maximum Gasteiger partial charge on any atom is 0.0928 e. The van der Waals surface area contributed by atoms with Gasteiger partial charge in [-0.1, -0.05) is 6.42 Å². The molecule has 1 atom stereocenters. The third-order valence-corrected chi connectivity index (χ3v) is 3.83. The average Bonchev–Trinajstić information content (AvgIpc) is 2.32. The van der Waals surface area contributed by atoms with Crippen molar-refractivity contribution >= 4 is 0 Å². The van der Waals surface area contributed by atoms with Gasteiger partial charge in [0.05, 0.1) is 5.60 Å². The normalized spacial score (nSPS) is 34.2. The molecule has 0 bridgehead atoms. The highest BCUT2D eigenvalue weighted by molar-refractivity contribution is 4.90. The predicted molar refractivity (Wildman–Crippen MR) is 62.1 cm³/mol. The zero-order valence-electron chi connectivity index (χ0n) is 9.93. The molecule has 1 unspecified atom stereocenters. The highest BCUT2D eigenvalue weighted by Gasteiger charge is 2.33. The summed E-state index contributed by atoms with van der Waals surface area (Å²) in [6, 6.07) is 0. The molecule has 2 rings (SSSR count). The van der Waals surface area contributed by atoms with Crippen LogP contribution in [0, 0.1) is 0 Å². The molecule has 2 saturated heterocycles. The molecule has 0 aliphatic carbocycles. The van der Waals surface area contributed by atoms with E-state index in [1.54, 1.807) is 0 Å². The number of hydrogen-bond acceptors (Lipinski definition) is 3. The molecule has 0 spiro atoms. The highest BCUT2D eigenvalue weighted by Crippen LogP contribution is 2.23. The lowest BCUT2D eigenvalue weighted by Crippen LogP contribution is -2.54. The summed E-state index contributed by atoms with van der Waals surface area (Å²) >= 11 is 0. The molecule has 3 heteroatoms. The Morgan fingerprint density at radius 3 is 2.60 bits per heavy atom. The molecule has 0 saturated carbocycles. The first-order chi connectivity index (χ1) is 7.35. The molecule has 2 aliphatic rings. The van der Waals surface area contributed by atoms with Crippen LogP contribution >= 0.6 is 0 Å². The average molecular weight is 212 g/mol. The van der Waals surface area contributed by atoms with Gasteiger partial charge in [0.2, 0.25) is 0 Å². The van der Waals surface area contributed by atoms with Gasteiger partial charge in [-0.2, -0.15) is 0 Å². The maximum atomic E-state index is 5.78. The summed E-state index contributed by atoms with van der Waals surface area (Å²) in [5.41, 5.74) is 0.0928. The predicted octanol–water partition coefficient (Wildman–Crippen LogP) is 1.24. The number of nitrogens with zero attached hydrogens (tertiary/aromatic N) is 1. The van der Waals surface area contributed by atoms with E-state index in [9.17, 15) is 0 Å². The third kappa shape index (κ3) is 2.92. The molecule has 15 heavy (non-hydrogen) atoms. The first kappa shape index (κ1) is 11.4. The Kier molecular flexibility index (Phi) is 4.00. The molecule has 3 nitrogen and oxygen atoms in total. The van der Waals surface area contributed by atoms with E-state index in [1.165, 1.54) is 45.2 Å². The number of rotatable bonds is 3. The van der Waals surface area contributed by atoms with Gasteiger partial charge < -0.3 is 15.0 Å². The Morgan fingerprint density at radius 2 is 2.00 bits per heavy atom. The van der Waals surface area contributed by atoms with Gasteiger partial charge in [0.1, 0.15) is 0 Å². The number of ether oxygens (including phenoxy) is 1. The highest BCUT2D eigenvalue weighted by atomic mass is 16.5. The van der Waals surface area contributed by atoms with Crippen LogP contribution in [0.2, 0.25) is 0 Å².